The Balaban J connectivity index is 2.18. The lowest BCUT2D eigenvalue weighted by Crippen LogP contribution is -2.39. The third-order valence-electron chi connectivity index (χ3n) is 4.32. The molecule has 0 atom stereocenters. The largest absolute Gasteiger partial charge is 0.444 e. The molecule has 5 heteroatoms. The number of likely N-dealkylation sites (tertiary alicyclic amines) is 1. The van der Waals surface area contributed by atoms with Gasteiger partial charge in [-0.2, -0.15) is 0 Å². The van der Waals surface area contributed by atoms with E-state index in [4.69, 9.17) is 15.9 Å². The van der Waals surface area contributed by atoms with Crippen LogP contribution >= 0.6 is 0 Å². The van der Waals surface area contributed by atoms with Gasteiger partial charge in [0.1, 0.15) is 5.60 Å². The topological polar surface area (TPSA) is 42.0 Å². The minimum atomic E-state index is -0.502. The van der Waals surface area contributed by atoms with Crippen molar-refractivity contribution in [1.29, 1.82) is 0 Å². The minimum Gasteiger partial charge on any atom is -0.444 e. The number of hydrogen-bond acceptors (Lipinski definition) is 4. The first kappa shape index (κ1) is 21.8. The molecule has 1 aliphatic heterocycles. The van der Waals surface area contributed by atoms with Crippen molar-refractivity contribution in [2.24, 2.45) is 5.92 Å². The number of amides is 1. The van der Waals surface area contributed by atoms with Crippen LogP contribution in [0.3, 0.4) is 0 Å². The average Bonchev–Trinajstić information content (AvgIpc) is 2.53. The first-order chi connectivity index (χ1) is 11.8. The summed E-state index contributed by atoms with van der Waals surface area (Å²) in [6.45, 7) is 13.7. The van der Waals surface area contributed by atoms with Crippen molar-refractivity contribution in [3.05, 3.63) is 0 Å². The van der Waals surface area contributed by atoms with E-state index < -0.39 is 5.60 Å². The van der Waals surface area contributed by atoms with Crippen LogP contribution in [0.5, 0.6) is 0 Å². The van der Waals surface area contributed by atoms with E-state index in [0.717, 1.165) is 25.5 Å². The first-order valence-electron chi connectivity index (χ1n) is 9.53. The Bertz CT molecular complexity index is 418. The average molecular weight is 353 g/mol. The Morgan fingerprint density at radius 2 is 1.92 bits per heavy atom. The van der Waals surface area contributed by atoms with Gasteiger partial charge in [-0.25, -0.2) is 4.79 Å². The lowest BCUT2D eigenvalue weighted by atomic mass is 9.99. The number of ether oxygens (including phenoxy) is 2. The highest BCUT2D eigenvalue weighted by Gasteiger charge is 2.21. The van der Waals surface area contributed by atoms with Gasteiger partial charge in [0.05, 0.1) is 6.61 Å². The molecule has 5 nitrogen and oxygen atoms in total. The van der Waals surface area contributed by atoms with Crippen molar-refractivity contribution in [3.8, 4) is 12.3 Å². The minimum absolute atomic E-state index is 0.325. The predicted octanol–water partition coefficient (Wildman–Crippen LogP) is 3.39. The van der Waals surface area contributed by atoms with Crippen LogP contribution in [0.1, 0.15) is 53.4 Å². The van der Waals surface area contributed by atoms with E-state index in [1.54, 1.807) is 4.90 Å². The normalized spacial score (nSPS) is 16.4. The van der Waals surface area contributed by atoms with E-state index in [1.807, 2.05) is 20.8 Å². The highest BCUT2D eigenvalue weighted by Crippen LogP contribution is 2.15. The van der Waals surface area contributed by atoms with E-state index in [1.165, 1.54) is 25.9 Å². The molecule has 0 unspecified atom stereocenters. The third-order valence-corrected chi connectivity index (χ3v) is 4.32. The van der Waals surface area contributed by atoms with Crippen LogP contribution in [0.2, 0.25) is 0 Å². The molecule has 0 aromatic heterocycles. The van der Waals surface area contributed by atoms with Crippen LogP contribution in [0.4, 0.5) is 4.79 Å². The standard InChI is InChI=1S/C20H36N2O3/c1-6-7-12-22(19(23)25-20(3,4)5)15-17-24-16-8-11-21-13-9-18(2)10-14-21/h1,18H,7-17H2,2-5H3. The molecule has 25 heavy (non-hydrogen) atoms. The fourth-order valence-corrected chi connectivity index (χ4v) is 2.77. The highest BCUT2D eigenvalue weighted by molar-refractivity contribution is 5.68. The fourth-order valence-electron chi connectivity index (χ4n) is 2.77. The Morgan fingerprint density at radius 3 is 2.52 bits per heavy atom. The van der Waals surface area contributed by atoms with Crippen LogP contribution in [0, 0.1) is 18.3 Å². The molecule has 0 N–H and O–H groups in total. The van der Waals surface area contributed by atoms with Crippen LogP contribution in [0.25, 0.3) is 0 Å². The molecule has 144 valence electrons. The second-order valence-electron chi connectivity index (χ2n) is 7.91. The predicted molar refractivity (Wildman–Crippen MR) is 102 cm³/mol. The maximum atomic E-state index is 12.2. The molecule has 1 amide bonds. The van der Waals surface area contributed by atoms with Gasteiger partial charge in [-0.3, -0.25) is 0 Å². The smallest absolute Gasteiger partial charge is 0.410 e. The van der Waals surface area contributed by atoms with Gasteiger partial charge >= 0.3 is 6.09 Å². The van der Waals surface area contributed by atoms with E-state index in [0.29, 0.717) is 26.1 Å². The van der Waals surface area contributed by atoms with Crippen molar-refractivity contribution >= 4 is 6.09 Å². The zero-order valence-electron chi connectivity index (χ0n) is 16.6. The first-order valence-corrected chi connectivity index (χ1v) is 9.53. The number of piperidine rings is 1. The summed E-state index contributed by atoms with van der Waals surface area (Å²) >= 11 is 0. The lowest BCUT2D eigenvalue weighted by Gasteiger charge is -2.30. The number of carbonyl (C=O) groups is 1. The Morgan fingerprint density at radius 1 is 1.24 bits per heavy atom. The highest BCUT2D eigenvalue weighted by atomic mass is 16.6. The van der Waals surface area contributed by atoms with Gasteiger partial charge in [0.25, 0.3) is 0 Å². The van der Waals surface area contributed by atoms with Crippen molar-refractivity contribution in [2.75, 3.05) is 45.9 Å². The van der Waals surface area contributed by atoms with Crippen molar-refractivity contribution in [1.82, 2.24) is 9.80 Å². The van der Waals surface area contributed by atoms with E-state index in [-0.39, 0.29) is 6.09 Å². The van der Waals surface area contributed by atoms with Crippen LogP contribution in [-0.4, -0.2) is 67.4 Å². The summed E-state index contributed by atoms with van der Waals surface area (Å²) in [5.74, 6) is 3.44. The molecule has 1 fully saturated rings. The van der Waals surface area contributed by atoms with Crippen LogP contribution < -0.4 is 0 Å². The molecular weight excluding hydrogens is 316 g/mol. The molecule has 0 saturated carbocycles. The Kier molecular flexibility index (Phi) is 9.92. The molecular formula is C20H36N2O3. The van der Waals surface area contributed by atoms with E-state index in [2.05, 4.69) is 17.7 Å². The SMILES string of the molecule is C#CCCN(CCOCCCN1CCC(C)CC1)C(=O)OC(C)(C)C. The number of terminal acetylenes is 1. The summed E-state index contributed by atoms with van der Waals surface area (Å²) in [5.41, 5.74) is -0.502. The molecule has 1 saturated heterocycles. The maximum absolute atomic E-state index is 12.2. The molecule has 1 aliphatic rings. The van der Waals surface area contributed by atoms with Gasteiger partial charge in [-0.05, 0) is 59.0 Å². The lowest BCUT2D eigenvalue weighted by molar-refractivity contribution is 0.0174. The van der Waals surface area contributed by atoms with E-state index in [9.17, 15) is 4.79 Å². The summed E-state index contributed by atoms with van der Waals surface area (Å²) in [4.78, 5) is 16.3. The molecule has 1 heterocycles. The molecule has 1 rings (SSSR count). The fraction of sp³-hybridized carbons (Fsp3) is 0.850. The Hall–Kier alpha value is -1.25. The molecule has 0 bridgehead atoms. The quantitative estimate of drug-likeness (QED) is 0.471. The van der Waals surface area contributed by atoms with Crippen molar-refractivity contribution in [3.63, 3.8) is 0 Å². The van der Waals surface area contributed by atoms with Gasteiger partial charge in [0, 0.05) is 32.7 Å². The van der Waals surface area contributed by atoms with Gasteiger partial charge in [0.2, 0.25) is 0 Å². The van der Waals surface area contributed by atoms with Crippen molar-refractivity contribution < 1.29 is 14.3 Å². The number of hydrogen-bond donors (Lipinski definition) is 0. The number of nitrogens with zero attached hydrogens (tertiary/aromatic N) is 2. The molecule has 0 aromatic rings. The summed E-state index contributed by atoms with van der Waals surface area (Å²) in [6, 6.07) is 0. The van der Waals surface area contributed by atoms with Crippen LogP contribution in [-0.2, 0) is 9.47 Å². The molecule has 0 radical (unpaired) electrons. The molecule has 0 aromatic carbocycles. The number of carbonyl (C=O) groups excluding carboxylic acids is 1. The van der Waals surface area contributed by atoms with Gasteiger partial charge in [-0.15, -0.1) is 12.3 Å². The van der Waals surface area contributed by atoms with E-state index >= 15 is 0 Å². The zero-order valence-corrected chi connectivity index (χ0v) is 16.6. The van der Waals surface area contributed by atoms with Crippen LogP contribution in [0.15, 0.2) is 0 Å². The second-order valence-corrected chi connectivity index (χ2v) is 7.91. The molecule has 0 aliphatic carbocycles. The third kappa shape index (κ3) is 10.4. The second kappa shape index (κ2) is 11.4. The van der Waals surface area contributed by atoms with Gasteiger partial charge in [-0.1, -0.05) is 6.92 Å². The summed E-state index contributed by atoms with van der Waals surface area (Å²) in [7, 11) is 0. The van der Waals surface area contributed by atoms with Gasteiger partial charge < -0.3 is 19.3 Å². The summed E-state index contributed by atoms with van der Waals surface area (Å²) in [6.07, 6.45) is 9.15. The van der Waals surface area contributed by atoms with Crippen molar-refractivity contribution in [2.45, 2.75) is 59.0 Å². The summed E-state index contributed by atoms with van der Waals surface area (Å²) in [5, 5.41) is 0. The molecule has 0 spiro atoms. The summed E-state index contributed by atoms with van der Waals surface area (Å²) < 4.78 is 11.1. The maximum Gasteiger partial charge on any atom is 0.410 e. The zero-order chi connectivity index (χ0) is 18.7. The van der Waals surface area contributed by atoms with Gasteiger partial charge in [0.15, 0.2) is 0 Å². The Labute approximate surface area is 154 Å². The number of rotatable bonds is 9. The monoisotopic (exact) mass is 352 g/mol.